The van der Waals surface area contributed by atoms with Crippen molar-refractivity contribution in [2.45, 2.75) is 0 Å². The number of methoxy groups -OCH3 is 1. The number of pyridine rings is 1. The van der Waals surface area contributed by atoms with Gasteiger partial charge in [-0.1, -0.05) is 11.6 Å². The Kier molecular flexibility index (Phi) is 3.57. The van der Waals surface area contributed by atoms with Gasteiger partial charge in [-0.3, -0.25) is 4.79 Å². The minimum absolute atomic E-state index is 0.302. The summed E-state index contributed by atoms with van der Waals surface area (Å²) < 4.78 is 5.03. The zero-order valence-corrected chi connectivity index (χ0v) is 10.7. The Morgan fingerprint density at radius 2 is 2.05 bits per heavy atom. The molecule has 0 amide bonds. The number of aromatic carboxylic acids is 1. The number of nitrogens with one attached hydrogen (secondary N) is 1. The van der Waals surface area contributed by atoms with Crippen LogP contribution < -0.4 is 10.3 Å². The molecule has 0 aliphatic rings. The second-order valence-electron chi connectivity index (χ2n) is 3.77. The number of aromatic nitrogens is 1. The number of halogens is 1. The SMILES string of the molecule is COc1ccc(-c2ccc(C(=O)O)c(=O)[nH]2)cc1Cl. The Labute approximate surface area is 113 Å². The van der Waals surface area contributed by atoms with Crippen LogP contribution in [-0.2, 0) is 0 Å². The van der Waals surface area contributed by atoms with Crippen LogP contribution in [0.1, 0.15) is 10.4 Å². The summed E-state index contributed by atoms with van der Waals surface area (Å²) in [5.41, 5.74) is 0.194. The van der Waals surface area contributed by atoms with Gasteiger partial charge in [-0.05, 0) is 35.9 Å². The summed E-state index contributed by atoms with van der Waals surface area (Å²) in [5, 5.41) is 9.19. The molecule has 0 fully saturated rings. The summed E-state index contributed by atoms with van der Waals surface area (Å²) in [6, 6.07) is 7.79. The van der Waals surface area contributed by atoms with E-state index in [9.17, 15) is 9.59 Å². The molecule has 0 aliphatic heterocycles. The van der Waals surface area contributed by atoms with Gasteiger partial charge in [0.1, 0.15) is 11.3 Å². The average Bonchev–Trinajstić information content (AvgIpc) is 2.38. The third-order valence-electron chi connectivity index (χ3n) is 2.60. The highest BCUT2D eigenvalue weighted by molar-refractivity contribution is 6.32. The highest BCUT2D eigenvalue weighted by atomic mass is 35.5. The number of carboxylic acids is 1. The number of carbonyl (C=O) groups is 1. The maximum atomic E-state index is 11.6. The van der Waals surface area contributed by atoms with Crippen LogP contribution in [0.5, 0.6) is 5.75 Å². The van der Waals surface area contributed by atoms with Crippen LogP contribution in [0.3, 0.4) is 0 Å². The molecule has 2 aromatic rings. The first kappa shape index (κ1) is 13.2. The van der Waals surface area contributed by atoms with Crippen molar-refractivity contribution in [2.24, 2.45) is 0 Å². The summed E-state index contributed by atoms with van der Waals surface area (Å²) in [6.07, 6.45) is 0. The van der Waals surface area contributed by atoms with Crippen molar-refractivity contribution in [1.29, 1.82) is 0 Å². The zero-order valence-electron chi connectivity index (χ0n) is 9.94. The van der Waals surface area contributed by atoms with Crippen LogP contribution in [0.15, 0.2) is 35.1 Å². The van der Waals surface area contributed by atoms with E-state index in [4.69, 9.17) is 21.4 Å². The van der Waals surface area contributed by atoms with Crippen molar-refractivity contribution in [1.82, 2.24) is 4.98 Å². The molecule has 1 aromatic heterocycles. The molecule has 1 aromatic carbocycles. The number of rotatable bonds is 3. The summed E-state index contributed by atoms with van der Waals surface area (Å²) in [4.78, 5) is 24.8. The molecular weight excluding hydrogens is 270 g/mol. The first-order chi connectivity index (χ1) is 9.02. The standard InChI is InChI=1S/C13H10ClNO4/c1-19-11-5-2-7(6-9(11)14)10-4-3-8(13(17)18)12(16)15-10/h2-6H,1H3,(H,15,16)(H,17,18). The van der Waals surface area contributed by atoms with Gasteiger partial charge in [0.25, 0.3) is 5.56 Å². The molecule has 5 nitrogen and oxygen atoms in total. The molecule has 1 heterocycles. The number of aromatic amines is 1. The van der Waals surface area contributed by atoms with Gasteiger partial charge >= 0.3 is 5.97 Å². The lowest BCUT2D eigenvalue weighted by atomic mass is 10.1. The number of ether oxygens (including phenoxy) is 1. The Morgan fingerprint density at radius 1 is 1.32 bits per heavy atom. The van der Waals surface area contributed by atoms with Gasteiger partial charge in [0.2, 0.25) is 0 Å². The van der Waals surface area contributed by atoms with Crippen LogP contribution >= 0.6 is 11.6 Å². The highest BCUT2D eigenvalue weighted by Gasteiger charge is 2.10. The number of benzene rings is 1. The molecule has 98 valence electrons. The van der Waals surface area contributed by atoms with Gasteiger partial charge in [-0.2, -0.15) is 0 Å². The van der Waals surface area contributed by atoms with E-state index < -0.39 is 11.5 Å². The maximum Gasteiger partial charge on any atom is 0.341 e. The molecule has 19 heavy (non-hydrogen) atoms. The van der Waals surface area contributed by atoms with Gasteiger partial charge in [0.15, 0.2) is 0 Å². The first-order valence-corrected chi connectivity index (χ1v) is 5.71. The van der Waals surface area contributed by atoms with Crippen molar-refractivity contribution in [3.05, 3.63) is 51.3 Å². The summed E-state index contributed by atoms with van der Waals surface area (Å²) in [6.45, 7) is 0. The molecule has 0 saturated carbocycles. The monoisotopic (exact) mass is 279 g/mol. The van der Waals surface area contributed by atoms with Crippen molar-refractivity contribution in [3.63, 3.8) is 0 Å². The van der Waals surface area contributed by atoms with Crippen LogP contribution in [0.4, 0.5) is 0 Å². The molecule has 0 bridgehead atoms. The Bertz CT molecular complexity index is 693. The van der Waals surface area contributed by atoms with E-state index in [2.05, 4.69) is 4.98 Å². The lowest BCUT2D eigenvalue weighted by molar-refractivity contribution is 0.0695. The minimum Gasteiger partial charge on any atom is -0.495 e. The molecule has 0 aliphatic carbocycles. The number of hydrogen-bond acceptors (Lipinski definition) is 3. The second kappa shape index (κ2) is 5.16. The van der Waals surface area contributed by atoms with Crippen molar-refractivity contribution < 1.29 is 14.6 Å². The topological polar surface area (TPSA) is 79.4 Å². The second-order valence-corrected chi connectivity index (χ2v) is 4.18. The summed E-state index contributed by atoms with van der Waals surface area (Å²) >= 11 is 5.99. The van der Waals surface area contributed by atoms with Crippen molar-refractivity contribution in [3.8, 4) is 17.0 Å². The zero-order chi connectivity index (χ0) is 14.0. The summed E-state index contributed by atoms with van der Waals surface area (Å²) in [7, 11) is 1.50. The van der Waals surface area contributed by atoms with Crippen molar-refractivity contribution in [2.75, 3.05) is 7.11 Å². The van der Waals surface area contributed by atoms with E-state index in [1.54, 1.807) is 18.2 Å². The van der Waals surface area contributed by atoms with Crippen LogP contribution in [0.2, 0.25) is 5.02 Å². The fourth-order valence-electron chi connectivity index (χ4n) is 1.64. The lowest BCUT2D eigenvalue weighted by Crippen LogP contribution is -2.17. The van der Waals surface area contributed by atoms with E-state index in [-0.39, 0.29) is 5.56 Å². The van der Waals surface area contributed by atoms with Gasteiger partial charge in [-0.25, -0.2) is 4.79 Å². The largest absolute Gasteiger partial charge is 0.495 e. The predicted octanol–water partition coefficient (Wildman–Crippen LogP) is 2.40. The fraction of sp³-hybridized carbons (Fsp3) is 0.0769. The highest BCUT2D eigenvalue weighted by Crippen LogP contribution is 2.28. The van der Waals surface area contributed by atoms with E-state index in [1.807, 2.05) is 0 Å². The van der Waals surface area contributed by atoms with Gasteiger partial charge in [-0.15, -0.1) is 0 Å². The normalized spacial score (nSPS) is 10.2. The Hall–Kier alpha value is -2.27. The fourth-order valence-corrected chi connectivity index (χ4v) is 1.90. The minimum atomic E-state index is -1.26. The van der Waals surface area contributed by atoms with Gasteiger partial charge in [0, 0.05) is 5.69 Å². The molecule has 0 radical (unpaired) electrons. The third kappa shape index (κ3) is 2.61. The average molecular weight is 280 g/mol. The predicted molar refractivity (Wildman–Crippen MR) is 71.0 cm³/mol. The number of hydrogen-bond donors (Lipinski definition) is 2. The van der Waals surface area contributed by atoms with Crippen LogP contribution in [-0.4, -0.2) is 23.2 Å². The molecule has 2 N–H and O–H groups in total. The van der Waals surface area contributed by atoms with Crippen molar-refractivity contribution >= 4 is 17.6 Å². The Morgan fingerprint density at radius 3 is 2.58 bits per heavy atom. The first-order valence-electron chi connectivity index (χ1n) is 5.33. The number of H-pyrrole nitrogens is 1. The maximum absolute atomic E-state index is 11.6. The third-order valence-corrected chi connectivity index (χ3v) is 2.90. The quantitative estimate of drug-likeness (QED) is 0.904. The van der Waals surface area contributed by atoms with Gasteiger partial charge < -0.3 is 14.8 Å². The molecule has 0 spiro atoms. The Balaban J connectivity index is 2.48. The van der Waals surface area contributed by atoms with E-state index >= 15 is 0 Å². The lowest BCUT2D eigenvalue weighted by Gasteiger charge is -2.06. The molecule has 0 atom stereocenters. The van der Waals surface area contributed by atoms with Crippen LogP contribution in [0, 0.1) is 0 Å². The molecular formula is C13H10ClNO4. The van der Waals surface area contributed by atoms with E-state index in [0.29, 0.717) is 22.0 Å². The molecule has 2 rings (SSSR count). The van der Waals surface area contributed by atoms with E-state index in [0.717, 1.165) is 0 Å². The molecule has 6 heteroatoms. The van der Waals surface area contributed by atoms with Gasteiger partial charge in [0.05, 0.1) is 12.1 Å². The number of carboxylic acid groups (broad SMARTS) is 1. The summed E-state index contributed by atoms with van der Waals surface area (Å²) in [5.74, 6) is -0.740. The smallest absolute Gasteiger partial charge is 0.341 e. The van der Waals surface area contributed by atoms with Crippen LogP contribution in [0.25, 0.3) is 11.3 Å². The molecule has 0 unspecified atom stereocenters. The van der Waals surface area contributed by atoms with E-state index in [1.165, 1.54) is 19.2 Å². The molecule has 0 saturated heterocycles.